The Balaban J connectivity index is 1.55. The second-order valence-electron chi connectivity index (χ2n) is 7.55. The van der Waals surface area contributed by atoms with Gasteiger partial charge in [0.25, 0.3) is 0 Å². The van der Waals surface area contributed by atoms with Crippen molar-refractivity contribution in [3.8, 4) is 0 Å². The van der Waals surface area contributed by atoms with Crippen molar-refractivity contribution in [2.75, 3.05) is 18.4 Å². The lowest BCUT2D eigenvalue weighted by molar-refractivity contribution is -0.117. The lowest BCUT2D eigenvalue weighted by atomic mass is 9.99. The van der Waals surface area contributed by atoms with Crippen LogP contribution >= 0.6 is 0 Å². The quantitative estimate of drug-likeness (QED) is 0.712. The molecule has 0 spiro atoms. The zero-order chi connectivity index (χ0) is 20.7. The van der Waals surface area contributed by atoms with E-state index in [-0.39, 0.29) is 17.7 Å². The van der Waals surface area contributed by atoms with E-state index in [1.807, 2.05) is 30.9 Å². The Morgan fingerprint density at radius 2 is 2.00 bits per heavy atom. The van der Waals surface area contributed by atoms with Crippen LogP contribution in [0.4, 0.5) is 14.5 Å². The standard InChI is InChI=1S/C22H21F2N3O2/c1-12-7-13(2)21-15(8-12)22(29)16-10-27(6-5-18(16)26-21)11-20(28)25-19-9-14(23)3-4-17(19)24/h3-4,7-9H,5-6,10-11H2,1-2H3,(H,25,28)(H,26,29). The van der Waals surface area contributed by atoms with Crippen LogP contribution in [0.15, 0.2) is 35.1 Å². The van der Waals surface area contributed by atoms with Gasteiger partial charge in [-0.1, -0.05) is 6.07 Å². The number of aryl methyl sites for hydroxylation is 2. The number of benzene rings is 2. The number of anilines is 1. The number of nitrogens with one attached hydrogen (secondary N) is 2. The van der Waals surface area contributed by atoms with Gasteiger partial charge in [-0.3, -0.25) is 14.5 Å². The number of aromatic amines is 1. The molecule has 4 rings (SSSR count). The van der Waals surface area contributed by atoms with Crippen LogP contribution in [-0.4, -0.2) is 28.9 Å². The highest BCUT2D eigenvalue weighted by molar-refractivity contribution is 5.92. The molecule has 2 aromatic carbocycles. The smallest absolute Gasteiger partial charge is 0.238 e. The molecule has 2 heterocycles. The highest BCUT2D eigenvalue weighted by Crippen LogP contribution is 2.22. The molecule has 1 aromatic heterocycles. The van der Waals surface area contributed by atoms with Crippen molar-refractivity contribution in [3.63, 3.8) is 0 Å². The van der Waals surface area contributed by atoms with E-state index in [0.29, 0.717) is 30.5 Å². The summed E-state index contributed by atoms with van der Waals surface area (Å²) in [6.07, 6.45) is 0.607. The molecule has 2 N–H and O–H groups in total. The van der Waals surface area contributed by atoms with E-state index in [2.05, 4.69) is 10.3 Å². The van der Waals surface area contributed by atoms with Crippen LogP contribution in [-0.2, 0) is 17.8 Å². The predicted octanol–water partition coefficient (Wildman–Crippen LogP) is 3.42. The van der Waals surface area contributed by atoms with Gasteiger partial charge in [-0.15, -0.1) is 0 Å². The van der Waals surface area contributed by atoms with Crippen molar-refractivity contribution >= 4 is 22.5 Å². The van der Waals surface area contributed by atoms with Gasteiger partial charge >= 0.3 is 0 Å². The van der Waals surface area contributed by atoms with Crippen LogP contribution in [0.5, 0.6) is 0 Å². The van der Waals surface area contributed by atoms with Crippen molar-refractivity contribution in [2.24, 2.45) is 0 Å². The Hall–Kier alpha value is -3.06. The third kappa shape index (κ3) is 3.78. The summed E-state index contributed by atoms with van der Waals surface area (Å²) in [5, 5.41) is 3.05. The van der Waals surface area contributed by atoms with Gasteiger partial charge in [-0.25, -0.2) is 8.78 Å². The third-order valence-electron chi connectivity index (χ3n) is 5.27. The van der Waals surface area contributed by atoms with Gasteiger partial charge in [-0.05, 0) is 43.2 Å². The molecule has 1 amide bonds. The van der Waals surface area contributed by atoms with Crippen LogP contribution in [0.25, 0.3) is 10.9 Å². The molecule has 1 aliphatic heterocycles. The number of carbonyl (C=O) groups excluding carboxylic acids is 1. The minimum absolute atomic E-state index is 0.0142. The van der Waals surface area contributed by atoms with E-state index in [9.17, 15) is 18.4 Å². The van der Waals surface area contributed by atoms with Crippen molar-refractivity contribution in [3.05, 3.63) is 74.6 Å². The first-order valence-corrected chi connectivity index (χ1v) is 9.44. The number of nitrogens with zero attached hydrogens (tertiary/aromatic N) is 1. The minimum Gasteiger partial charge on any atom is -0.358 e. The van der Waals surface area contributed by atoms with Crippen molar-refractivity contribution < 1.29 is 13.6 Å². The fourth-order valence-electron chi connectivity index (χ4n) is 3.91. The number of hydrogen-bond acceptors (Lipinski definition) is 3. The maximum Gasteiger partial charge on any atom is 0.238 e. The summed E-state index contributed by atoms with van der Waals surface area (Å²) in [5.41, 5.74) is 4.22. The lowest BCUT2D eigenvalue weighted by Gasteiger charge is -2.28. The number of carbonyl (C=O) groups is 1. The number of amides is 1. The van der Waals surface area contributed by atoms with Gasteiger partial charge in [0, 0.05) is 42.2 Å². The van der Waals surface area contributed by atoms with E-state index in [1.54, 1.807) is 0 Å². The summed E-state index contributed by atoms with van der Waals surface area (Å²) in [6.45, 7) is 4.82. The summed E-state index contributed by atoms with van der Waals surface area (Å²) in [6, 6.07) is 6.82. The average molecular weight is 397 g/mol. The molecule has 1 aliphatic rings. The lowest BCUT2D eigenvalue weighted by Crippen LogP contribution is -2.39. The Labute approximate surface area is 166 Å². The van der Waals surface area contributed by atoms with E-state index in [4.69, 9.17) is 0 Å². The molecule has 0 saturated heterocycles. The van der Waals surface area contributed by atoms with Crippen LogP contribution in [0, 0.1) is 25.5 Å². The van der Waals surface area contributed by atoms with Crippen LogP contribution in [0.2, 0.25) is 0 Å². The summed E-state index contributed by atoms with van der Waals surface area (Å²) < 4.78 is 27.0. The number of pyridine rings is 1. The van der Waals surface area contributed by atoms with E-state index in [0.717, 1.165) is 40.5 Å². The van der Waals surface area contributed by atoms with E-state index in [1.165, 1.54) is 0 Å². The molecule has 0 radical (unpaired) electrons. The fraction of sp³-hybridized carbons (Fsp3) is 0.273. The summed E-state index contributed by atoms with van der Waals surface area (Å²) in [7, 11) is 0. The second-order valence-corrected chi connectivity index (χ2v) is 7.55. The molecule has 7 heteroatoms. The van der Waals surface area contributed by atoms with Crippen LogP contribution in [0.3, 0.4) is 0 Å². The SMILES string of the molecule is Cc1cc(C)c2[nH]c3c(c(=O)c2c1)CN(CC(=O)Nc1cc(F)ccc1F)CC3. The van der Waals surface area contributed by atoms with E-state index >= 15 is 0 Å². The highest BCUT2D eigenvalue weighted by Gasteiger charge is 2.23. The molecular formula is C22H21F2N3O2. The first-order chi connectivity index (χ1) is 13.8. The zero-order valence-electron chi connectivity index (χ0n) is 16.2. The number of halogens is 2. The van der Waals surface area contributed by atoms with Crippen molar-refractivity contribution in [1.29, 1.82) is 0 Å². The highest BCUT2D eigenvalue weighted by atomic mass is 19.1. The second kappa shape index (κ2) is 7.40. The molecule has 0 saturated carbocycles. The van der Waals surface area contributed by atoms with E-state index < -0.39 is 17.5 Å². The van der Waals surface area contributed by atoms with Gasteiger partial charge in [0.1, 0.15) is 11.6 Å². The number of hydrogen-bond donors (Lipinski definition) is 2. The third-order valence-corrected chi connectivity index (χ3v) is 5.27. The fourth-order valence-corrected chi connectivity index (χ4v) is 3.91. The molecule has 5 nitrogen and oxygen atoms in total. The molecule has 0 atom stereocenters. The first kappa shape index (κ1) is 19.3. The molecule has 0 fully saturated rings. The van der Waals surface area contributed by atoms with Gasteiger partial charge in [-0.2, -0.15) is 0 Å². The number of H-pyrrole nitrogens is 1. The maximum absolute atomic E-state index is 13.7. The number of fused-ring (bicyclic) bond motifs is 2. The Morgan fingerprint density at radius 1 is 1.21 bits per heavy atom. The Morgan fingerprint density at radius 3 is 2.79 bits per heavy atom. The predicted molar refractivity (Wildman–Crippen MR) is 108 cm³/mol. The molecule has 29 heavy (non-hydrogen) atoms. The molecule has 0 bridgehead atoms. The Kier molecular flexibility index (Phi) is 4.92. The zero-order valence-corrected chi connectivity index (χ0v) is 16.2. The van der Waals surface area contributed by atoms with Crippen molar-refractivity contribution in [2.45, 2.75) is 26.8 Å². The number of aromatic nitrogens is 1. The summed E-state index contributed by atoms with van der Waals surface area (Å²) in [5.74, 6) is -1.78. The summed E-state index contributed by atoms with van der Waals surface area (Å²) >= 11 is 0. The normalized spacial score (nSPS) is 14.1. The maximum atomic E-state index is 13.7. The Bertz CT molecular complexity index is 1190. The molecule has 0 unspecified atom stereocenters. The molecule has 3 aromatic rings. The van der Waals surface area contributed by atoms with Crippen LogP contribution in [0.1, 0.15) is 22.4 Å². The van der Waals surface area contributed by atoms with Gasteiger partial charge in [0.05, 0.1) is 17.7 Å². The molecule has 0 aliphatic carbocycles. The minimum atomic E-state index is -0.697. The topological polar surface area (TPSA) is 65.2 Å². The van der Waals surface area contributed by atoms with Gasteiger partial charge in [0.15, 0.2) is 5.43 Å². The average Bonchev–Trinajstić information content (AvgIpc) is 2.66. The molecular weight excluding hydrogens is 376 g/mol. The monoisotopic (exact) mass is 397 g/mol. The summed E-state index contributed by atoms with van der Waals surface area (Å²) in [4.78, 5) is 30.6. The largest absolute Gasteiger partial charge is 0.358 e. The molecule has 150 valence electrons. The van der Waals surface area contributed by atoms with Crippen molar-refractivity contribution in [1.82, 2.24) is 9.88 Å². The number of rotatable bonds is 3. The van der Waals surface area contributed by atoms with Gasteiger partial charge < -0.3 is 10.3 Å². The van der Waals surface area contributed by atoms with Crippen LogP contribution < -0.4 is 10.7 Å². The first-order valence-electron chi connectivity index (χ1n) is 9.44. The van der Waals surface area contributed by atoms with Gasteiger partial charge in [0.2, 0.25) is 5.91 Å².